The summed E-state index contributed by atoms with van der Waals surface area (Å²) in [5, 5.41) is 3.94. The largest absolute Gasteiger partial charge is 0.479 e. The molecule has 1 aliphatic carbocycles. The van der Waals surface area contributed by atoms with Crippen molar-refractivity contribution in [3.05, 3.63) is 28.2 Å². The van der Waals surface area contributed by atoms with E-state index in [0.717, 1.165) is 19.3 Å². The van der Waals surface area contributed by atoms with Crippen LogP contribution in [0.3, 0.4) is 0 Å². The summed E-state index contributed by atoms with van der Waals surface area (Å²) in [6, 6.07) is 5.07. The standard InChI is InChI=1S/C15H20Cl2N2O2.ClH/c1-9(21-14-6-5-11(16)7-12(14)17)15(20)19-13-4-2-3-10(13)8-18;/h5-7,9-10,13H,2-4,8,18H2,1H3,(H,19,20);1H. The SMILES string of the molecule is CC(Oc1ccc(Cl)cc1Cl)C(=O)NC1CCCC1CN.Cl. The first kappa shape index (κ1) is 19.4. The quantitative estimate of drug-likeness (QED) is 0.838. The van der Waals surface area contributed by atoms with Crippen molar-refractivity contribution >= 4 is 41.5 Å². The lowest BCUT2D eigenvalue weighted by atomic mass is 10.0. The van der Waals surface area contributed by atoms with E-state index in [4.69, 9.17) is 33.7 Å². The third-order valence-electron chi connectivity index (χ3n) is 3.86. The first-order valence-electron chi connectivity index (χ1n) is 7.13. The lowest BCUT2D eigenvalue weighted by molar-refractivity contribution is -0.128. The van der Waals surface area contributed by atoms with Crippen molar-refractivity contribution in [2.24, 2.45) is 11.7 Å². The number of ether oxygens (including phenoxy) is 1. The Morgan fingerprint density at radius 3 is 2.82 bits per heavy atom. The van der Waals surface area contributed by atoms with Crippen LogP contribution in [0, 0.1) is 5.92 Å². The topological polar surface area (TPSA) is 64.3 Å². The van der Waals surface area contributed by atoms with Gasteiger partial charge >= 0.3 is 0 Å². The minimum atomic E-state index is -0.623. The number of nitrogens with one attached hydrogen (secondary N) is 1. The molecule has 1 fully saturated rings. The van der Waals surface area contributed by atoms with Crippen LogP contribution in [-0.2, 0) is 4.79 Å². The molecule has 1 aromatic carbocycles. The van der Waals surface area contributed by atoms with E-state index in [0.29, 0.717) is 28.3 Å². The second-order valence-electron chi connectivity index (χ2n) is 5.38. The molecule has 1 aliphatic rings. The van der Waals surface area contributed by atoms with Crippen LogP contribution in [0.15, 0.2) is 18.2 Å². The van der Waals surface area contributed by atoms with Gasteiger partial charge in [-0.3, -0.25) is 4.79 Å². The maximum absolute atomic E-state index is 12.2. The average molecular weight is 368 g/mol. The van der Waals surface area contributed by atoms with Gasteiger partial charge in [0.25, 0.3) is 5.91 Å². The lowest BCUT2D eigenvalue weighted by Gasteiger charge is -2.22. The predicted molar refractivity (Wildman–Crippen MR) is 92.1 cm³/mol. The van der Waals surface area contributed by atoms with Gasteiger partial charge in [-0.15, -0.1) is 12.4 Å². The summed E-state index contributed by atoms with van der Waals surface area (Å²) in [6.07, 6.45) is 2.52. The van der Waals surface area contributed by atoms with Gasteiger partial charge in [0.15, 0.2) is 6.10 Å². The number of hydrogen-bond donors (Lipinski definition) is 2. The molecule has 7 heteroatoms. The summed E-state index contributed by atoms with van der Waals surface area (Å²) in [5.41, 5.74) is 5.72. The van der Waals surface area contributed by atoms with Crippen molar-refractivity contribution in [3.63, 3.8) is 0 Å². The second-order valence-corrected chi connectivity index (χ2v) is 6.22. The molecule has 22 heavy (non-hydrogen) atoms. The van der Waals surface area contributed by atoms with Gasteiger partial charge in [0, 0.05) is 11.1 Å². The van der Waals surface area contributed by atoms with Crippen molar-refractivity contribution in [1.82, 2.24) is 5.32 Å². The van der Waals surface area contributed by atoms with Crippen LogP contribution in [0.25, 0.3) is 0 Å². The van der Waals surface area contributed by atoms with Crippen molar-refractivity contribution in [2.75, 3.05) is 6.54 Å². The molecule has 1 aromatic rings. The van der Waals surface area contributed by atoms with Gasteiger partial charge in [0.2, 0.25) is 0 Å². The van der Waals surface area contributed by atoms with Gasteiger partial charge in [-0.1, -0.05) is 29.6 Å². The van der Waals surface area contributed by atoms with Gasteiger partial charge in [0.05, 0.1) is 5.02 Å². The number of amides is 1. The molecule has 3 unspecified atom stereocenters. The molecule has 0 saturated heterocycles. The van der Waals surface area contributed by atoms with Gasteiger partial charge in [0.1, 0.15) is 5.75 Å². The van der Waals surface area contributed by atoms with Crippen LogP contribution in [-0.4, -0.2) is 24.6 Å². The Labute approximate surface area is 147 Å². The molecule has 4 nitrogen and oxygen atoms in total. The Morgan fingerprint density at radius 1 is 1.45 bits per heavy atom. The maximum atomic E-state index is 12.2. The molecule has 124 valence electrons. The van der Waals surface area contributed by atoms with Crippen LogP contribution >= 0.6 is 35.6 Å². The molecule has 0 bridgehead atoms. The Kier molecular flexibility index (Phi) is 7.77. The van der Waals surface area contributed by atoms with Gasteiger partial charge in [-0.25, -0.2) is 0 Å². The van der Waals surface area contributed by atoms with E-state index in [1.165, 1.54) is 0 Å². The van der Waals surface area contributed by atoms with E-state index in [-0.39, 0.29) is 24.4 Å². The number of carbonyl (C=O) groups excluding carboxylic acids is 1. The Balaban J connectivity index is 0.00000242. The fourth-order valence-corrected chi connectivity index (χ4v) is 3.08. The Bertz CT molecular complexity index is 514. The smallest absolute Gasteiger partial charge is 0.261 e. The van der Waals surface area contributed by atoms with E-state index >= 15 is 0 Å². The first-order chi connectivity index (χ1) is 10.0. The number of halogens is 3. The highest BCUT2D eigenvalue weighted by Crippen LogP contribution is 2.29. The van der Waals surface area contributed by atoms with E-state index in [1.807, 2.05) is 0 Å². The zero-order chi connectivity index (χ0) is 15.4. The van der Waals surface area contributed by atoms with Crippen LogP contribution < -0.4 is 15.8 Å². The number of nitrogens with two attached hydrogens (primary N) is 1. The molecule has 3 atom stereocenters. The Hall–Kier alpha value is -0.680. The predicted octanol–water partition coefficient (Wildman–Crippen LogP) is 3.43. The van der Waals surface area contributed by atoms with E-state index < -0.39 is 6.10 Å². The molecule has 0 radical (unpaired) electrons. The van der Waals surface area contributed by atoms with Crippen LogP contribution in [0.4, 0.5) is 0 Å². The summed E-state index contributed by atoms with van der Waals surface area (Å²) in [7, 11) is 0. The summed E-state index contributed by atoms with van der Waals surface area (Å²) in [6.45, 7) is 2.30. The molecule has 1 amide bonds. The minimum Gasteiger partial charge on any atom is -0.479 e. The molecule has 3 N–H and O–H groups in total. The lowest BCUT2D eigenvalue weighted by Crippen LogP contribution is -2.45. The van der Waals surface area contributed by atoms with Crippen LogP contribution in [0.5, 0.6) is 5.75 Å². The second kappa shape index (κ2) is 8.82. The van der Waals surface area contributed by atoms with Crippen LogP contribution in [0.1, 0.15) is 26.2 Å². The molecular weight excluding hydrogens is 347 g/mol. The summed E-state index contributed by atoms with van der Waals surface area (Å²) in [5.74, 6) is 0.664. The van der Waals surface area contributed by atoms with Crippen LogP contribution in [0.2, 0.25) is 10.0 Å². The molecule has 0 aromatic heterocycles. The molecule has 2 rings (SSSR count). The zero-order valence-corrected chi connectivity index (χ0v) is 14.7. The number of rotatable bonds is 5. The fourth-order valence-electron chi connectivity index (χ4n) is 2.62. The van der Waals surface area contributed by atoms with Gasteiger partial charge in [-0.2, -0.15) is 0 Å². The normalized spacial score (nSPS) is 21.8. The molecule has 1 saturated carbocycles. The highest BCUT2D eigenvalue weighted by atomic mass is 35.5. The Morgan fingerprint density at radius 2 is 2.18 bits per heavy atom. The fraction of sp³-hybridized carbons (Fsp3) is 0.533. The molecule has 0 spiro atoms. The number of hydrogen-bond acceptors (Lipinski definition) is 3. The number of benzene rings is 1. The molecular formula is C15H21Cl3N2O2. The highest BCUT2D eigenvalue weighted by Gasteiger charge is 2.29. The maximum Gasteiger partial charge on any atom is 0.261 e. The zero-order valence-electron chi connectivity index (χ0n) is 12.4. The molecule has 0 heterocycles. The third kappa shape index (κ3) is 4.92. The summed E-state index contributed by atoms with van der Waals surface area (Å²) < 4.78 is 5.61. The summed E-state index contributed by atoms with van der Waals surface area (Å²) >= 11 is 11.9. The third-order valence-corrected chi connectivity index (χ3v) is 4.39. The number of carbonyl (C=O) groups is 1. The van der Waals surface area contributed by atoms with E-state index in [1.54, 1.807) is 25.1 Å². The first-order valence-corrected chi connectivity index (χ1v) is 7.89. The minimum absolute atomic E-state index is 0. The molecule has 0 aliphatic heterocycles. The van der Waals surface area contributed by atoms with E-state index in [9.17, 15) is 4.79 Å². The highest BCUT2D eigenvalue weighted by molar-refractivity contribution is 6.35. The van der Waals surface area contributed by atoms with Gasteiger partial charge < -0.3 is 15.8 Å². The monoisotopic (exact) mass is 366 g/mol. The van der Waals surface area contributed by atoms with Crippen molar-refractivity contribution in [1.29, 1.82) is 0 Å². The van der Waals surface area contributed by atoms with Gasteiger partial charge in [-0.05, 0) is 50.4 Å². The van der Waals surface area contributed by atoms with Crippen molar-refractivity contribution < 1.29 is 9.53 Å². The van der Waals surface area contributed by atoms with E-state index in [2.05, 4.69) is 5.32 Å². The van der Waals surface area contributed by atoms with Crippen molar-refractivity contribution in [3.8, 4) is 5.75 Å². The summed E-state index contributed by atoms with van der Waals surface area (Å²) in [4.78, 5) is 12.2. The van der Waals surface area contributed by atoms with Crippen molar-refractivity contribution in [2.45, 2.75) is 38.3 Å². The average Bonchev–Trinajstić information content (AvgIpc) is 2.89.